The third-order valence-electron chi connectivity index (χ3n) is 3.36. The molecule has 0 aromatic rings. The van der Waals surface area contributed by atoms with Gasteiger partial charge in [0.2, 0.25) is 11.8 Å². The minimum absolute atomic E-state index is 0.0654. The Morgan fingerprint density at radius 1 is 1.00 bits per heavy atom. The van der Waals surface area contributed by atoms with Crippen molar-refractivity contribution in [3.8, 4) is 0 Å². The molecule has 0 aromatic carbocycles. The summed E-state index contributed by atoms with van der Waals surface area (Å²) in [4.78, 5) is 22.4. The maximum absolute atomic E-state index is 11.3. The first-order chi connectivity index (χ1) is 6.20. The molecule has 3 heteroatoms. The number of amides is 2. The Hall–Kier alpha value is -0.860. The molecule has 1 aliphatic heterocycles. The third kappa shape index (κ3) is 1.74. The molecule has 1 heterocycles. The predicted octanol–water partition coefficient (Wildman–Crippen LogP) is 1.37. The second kappa shape index (κ2) is 3.13. The molecule has 1 N–H and O–H groups in total. The van der Waals surface area contributed by atoms with Gasteiger partial charge >= 0.3 is 0 Å². The molecule has 2 rings (SSSR count). The first-order valence-electron chi connectivity index (χ1n) is 5.03. The van der Waals surface area contributed by atoms with Crippen molar-refractivity contribution in [2.24, 2.45) is 5.41 Å². The quantitative estimate of drug-likeness (QED) is 0.574. The SMILES string of the molecule is O=C1CCC2(CCCC2)CC(=O)N1. The molecular weight excluding hydrogens is 166 g/mol. The monoisotopic (exact) mass is 181 g/mol. The summed E-state index contributed by atoms with van der Waals surface area (Å²) in [5, 5.41) is 2.42. The van der Waals surface area contributed by atoms with Crippen LogP contribution in [0.2, 0.25) is 0 Å². The van der Waals surface area contributed by atoms with Gasteiger partial charge in [0, 0.05) is 12.8 Å². The molecule has 1 aliphatic carbocycles. The second-order valence-corrected chi connectivity index (χ2v) is 4.36. The minimum atomic E-state index is -0.0891. The van der Waals surface area contributed by atoms with Gasteiger partial charge in [0.25, 0.3) is 0 Å². The first-order valence-corrected chi connectivity index (χ1v) is 5.03. The number of hydrogen-bond acceptors (Lipinski definition) is 2. The lowest BCUT2D eigenvalue weighted by Gasteiger charge is -2.24. The maximum atomic E-state index is 11.3. The van der Waals surface area contributed by atoms with Gasteiger partial charge in [-0.25, -0.2) is 0 Å². The Labute approximate surface area is 77.9 Å². The van der Waals surface area contributed by atoms with Gasteiger partial charge in [-0.2, -0.15) is 0 Å². The van der Waals surface area contributed by atoms with Crippen LogP contribution in [0.4, 0.5) is 0 Å². The van der Waals surface area contributed by atoms with Crippen LogP contribution < -0.4 is 5.32 Å². The van der Waals surface area contributed by atoms with Crippen LogP contribution in [-0.2, 0) is 9.59 Å². The van der Waals surface area contributed by atoms with Crippen molar-refractivity contribution in [3.05, 3.63) is 0 Å². The van der Waals surface area contributed by atoms with Gasteiger partial charge in [-0.3, -0.25) is 14.9 Å². The normalized spacial score (nSPS) is 27.4. The van der Waals surface area contributed by atoms with Crippen LogP contribution in [0, 0.1) is 5.41 Å². The number of imide groups is 1. The lowest BCUT2D eigenvalue weighted by molar-refractivity contribution is -0.129. The van der Waals surface area contributed by atoms with Crippen LogP contribution in [0.3, 0.4) is 0 Å². The van der Waals surface area contributed by atoms with E-state index >= 15 is 0 Å². The summed E-state index contributed by atoms with van der Waals surface area (Å²) in [5.41, 5.74) is 0.177. The number of carbonyl (C=O) groups excluding carboxylic acids is 2. The fourth-order valence-electron chi connectivity index (χ4n) is 2.62. The molecule has 2 amide bonds. The van der Waals surface area contributed by atoms with E-state index in [-0.39, 0.29) is 17.2 Å². The minimum Gasteiger partial charge on any atom is -0.296 e. The molecular formula is C10H15NO2. The van der Waals surface area contributed by atoms with E-state index < -0.39 is 0 Å². The van der Waals surface area contributed by atoms with Crippen LogP contribution in [0.5, 0.6) is 0 Å². The van der Waals surface area contributed by atoms with Gasteiger partial charge in [-0.15, -0.1) is 0 Å². The Kier molecular flexibility index (Phi) is 2.10. The van der Waals surface area contributed by atoms with Crippen molar-refractivity contribution in [1.82, 2.24) is 5.32 Å². The van der Waals surface area contributed by atoms with E-state index in [1.807, 2.05) is 0 Å². The zero-order valence-electron chi connectivity index (χ0n) is 7.77. The van der Waals surface area contributed by atoms with Gasteiger partial charge in [-0.05, 0) is 24.7 Å². The molecule has 0 radical (unpaired) electrons. The van der Waals surface area contributed by atoms with Gasteiger partial charge in [0.05, 0.1) is 0 Å². The van der Waals surface area contributed by atoms with E-state index in [0.29, 0.717) is 12.8 Å². The van der Waals surface area contributed by atoms with Gasteiger partial charge < -0.3 is 0 Å². The Bertz CT molecular complexity index is 241. The number of hydrogen-bond donors (Lipinski definition) is 1. The summed E-state index contributed by atoms with van der Waals surface area (Å²) < 4.78 is 0. The van der Waals surface area contributed by atoms with Crippen LogP contribution in [0.25, 0.3) is 0 Å². The van der Waals surface area contributed by atoms with Crippen molar-refractivity contribution in [3.63, 3.8) is 0 Å². The van der Waals surface area contributed by atoms with Crippen molar-refractivity contribution in [2.45, 2.75) is 44.9 Å². The lowest BCUT2D eigenvalue weighted by Crippen LogP contribution is -2.29. The second-order valence-electron chi connectivity index (χ2n) is 4.36. The highest BCUT2D eigenvalue weighted by Gasteiger charge is 2.38. The summed E-state index contributed by atoms with van der Waals surface area (Å²) in [5.74, 6) is -0.154. The molecule has 13 heavy (non-hydrogen) atoms. The fourth-order valence-corrected chi connectivity index (χ4v) is 2.62. The van der Waals surface area contributed by atoms with E-state index in [2.05, 4.69) is 5.32 Å². The van der Waals surface area contributed by atoms with E-state index in [9.17, 15) is 9.59 Å². The summed E-state index contributed by atoms with van der Waals surface area (Å²) in [6.45, 7) is 0. The highest BCUT2D eigenvalue weighted by molar-refractivity contribution is 5.96. The summed E-state index contributed by atoms with van der Waals surface area (Å²) in [6, 6.07) is 0. The van der Waals surface area contributed by atoms with Gasteiger partial charge in [0.15, 0.2) is 0 Å². The van der Waals surface area contributed by atoms with Crippen LogP contribution in [-0.4, -0.2) is 11.8 Å². The summed E-state index contributed by atoms with van der Waals surface area (Å²) in [7, 11) is 0. The number of rotatable bonds is 0. The predicted molar refractivity (Wildman–Crippen MR) is 47.9 cm³/mol. The van der Waals surface area contributed by atoms with Crippen molar-refractivity contribution < 1.29 is 9.59 Å². The average Bonchev–Trinajstić information content (AvgIpc) is 2.44. The van der Waals surface area contributed by atoms with Gasteiger partial charge in [-0.1, -0.05) is 12.8 Å². The molecule has 1 spiro atoms. The molecule has 1 saturated carbocycles. The largest absolute Gasteiger partial charge is 0.296 e. The molecule has 0 aromatic heterocycles. The average molecular weight is 181 g/mol. The Morgan fingerprint density at radius 2 is 1.69 bits per heavy atom. The zero-order chi connectivity index (χ0) is 9.31. The number of nitrogens with one attached hydrogen (secondary N) is 1. The highest BCUT2D eigenvalue weighted by Crippen LogP contribution is 2.45. The lowest BCUT2D eigenvalue weighted by atomic mass is 9.79. The Balaban J connectivity index is 2.12. The fraction of sp³-hybridized carbons (Fsp3) is 0.800. The van der Waals surface area contributed by atoms with Crippen LogP contribution in [0.15, 0.2) is 0 Å². The molecule has 0 unspecified atom stereocenters. The first kappa shape index (κ1) is 8.73. The highest BCUT2D eigenvalue weighted by atomic mass is 16.2. The molecule has 3 nitrogen and oxygen atoms in total. The van der Waals surface area contributed by atoms with Crippen LogP contribution in [0.1, 0.15) is 44.9 Å². The van der Waals surface area contributed by atoms with E-state index in [1.54, 1.807) is 0 Å². The molecule has 0 atom stereocenters. The smallest absolute Gasteiger partial charge is 0.227 e. The molecule has 72 valence electrons. The molecule has 2 aliphatic rings. The molecule has 2 fully saturated rings. The topological polar surface area (TPSA) is 46.2 Å². The van der Waals surface area contributed by atoms with E-state index in [0.717, 1.165) is 19.3 Å². The van der Waals surface area contributed by atoms with Crippen LogP contribution >= 0.6 is 0 Å². The summed E-state index contributed by atoms with van der Waals surface area (Å²) in [6.07, 6.45) is 6.72. The van der Waals surface area contributed by atoms with Crippen molar-refractivity contribution in [1.29, 1.82) is 0 Å². The van der Waals surface area contributed by atoms with E-state index in [4.69, 9.17) is 0 Å². The standard InChI is InChI=1S/C10H15NO2/c12-8-3-6-10(4-1-2-5-10)7-9(13)11-8/h1-7H2,(H,11,12,13). The number of carbonyl (C=O) groups is 2. The maximum Gasteiger partial charge on any atom is 0.227 e. The van der Waals surface area contributed by atoms with Crippen molar-refractivity contribution in [2.75, 3.05) is 0 Å². The zero-order valence-corrected chi connectivity index (χ0v) is 7.77. The molecule has 1 saturated heterocycles. The Morgan fingerprint density at radius 3 is 2.38 bits per heavy atom. The van der Waals surface area contributed by atoms with E-state index in [1.165, 1.54) is 12.8 Å². The van der Waals surface area contributed by atoms with Crippen molar-refractivity contribution >= 4 is 11.8 Å². The summed E-state index contributed by atoms with van der Waals surface area (Å²) >= 11 is 0. The van der Waals surface area contributed by atoms with Gasteiger partial charge in [0.1, 0.15) is 0 Å². The molecule has 0 bridgehead atoms. The third-order valence-corrected chi connectivity index (χ3v) is 3.36.